The van der Waals surface area contributed by atoms with Crippen molar-refractivity contribution >= 4 is 5.91 Å². The number of carbonyl (C=O) groups is 1. The summed E-state index contributed by atoms with van der Waals surface area (Å²) < 4.78 is 1.54. The monoisotopic (exact) mass is 211 g/mol. The summed E-state index contributed by atoms with van der Waals surface area (Å²) in [7, 11) is 0. The summed E-state index contributed by atoms with van der Waals surface area (Å²) in [5.74, 6) is -0.0441. The van der Waals surface area contributed by atoms with Crippen molar-refractivity contribution < 1.29 is 4.79 Å². The highest BCUT2D eigenvalue weighted by atomic mass is 16.2. The lowest BCUT2D eigenvalue weighted by molar-refractivity contribution is -0.121. The summed E-state index contributed by atoms with van der Waals surface area (Å²) in [5.41, 5.74) is 0.848. The molecule has 0 atom stereocenters. The van der Waals surface area contributed by atoms with Crippen molar-refractivity contribution in [3.63, 3.8) is 0 Å². The SMILES string of the molecule is CCNCc1cn(CC(=O)NCC)nn1. The van der Waals surface area contributed by atoms with E-state index in [9.17, 15) is 4.79 Å². The molecule has 0 aromatic carbocycles. The summed E-state index contributed by atoms with van der Waals surface area (Å²) in [6.45, 7) is 6.36. The largest absolute Gasteiger partial charge is 0.355 e. The maximum Gasteiger partial charge on any atom is 0.241 e. The van der Waals surface area contributed by atoms with Gasteiger partial charge in [0.2, 0.25) is 5.91 Å². The van der Waals surface area contributed by atoms with Crippen molar-refractivity contribution in [3.8, 4) is 0 Å². The normalized spacial score (nSPS) is 10.3. The first kappa shape index (κ1) is 11.6. The van der Waals surface area contributed by atoms with E-state index >= 15 is 0 Å². The lowest BCUT2D eigenvalue weighted by Gasteiger charge is -2.00. The fourth-order valence-corrected chi connectivity index (χ4v) is 1.15. The topological polar surface area (TPSA) is 71.8 Å². The summed E-state index contributed by atoms with van der Waals surface area (Å²) in [5, 5.41) is 13.6. The first-order chi connectivity index (χ1) is 7.26. The van der Waals surface area contributed by atoms with Crippen LogP contribution in [0.25, 0.3) is 0 Å². The second-order valence-electron chi connectivity index (χ2n) is 3.14. The lowest BCUT2D eigenvalue weighted by Crippen LogP contribution is -2.27. The van der Waals surface area contributed by atoms with Crippen LogP contribution in [0.2, 0.25) is 0 Å². The Morgan fingerprint density at radius 3 is 2.93 bits per heavy atom. The number of nitrogens with zero attached hydrogens (tertiary/aromatic N) is 3. The molecule has 0 saturated carbocycles. The highest BCUT2D eigenvalue weighted by Crippen LogP contribution is 1.92. The summed E-state index contributed by atoms with van der Waals surface area (Å²) in [6, 6.07) is 0. The number of aromatic nitrogens is 3. The molecule has 6 heteroatoms. The van der Waals surface area contributed by atoms with Crippen molar-refractivity contribution in [2.24, 2.45) is 0 Å². The van der Waals surface area contributed by atoms with E-state index in [1.165, 1.54) is 4.68 Å². The Bertz CT molecular complexity index is 309. The van der Waals surface area contributed by atoms with Gasteiger partial charge in [0.05, 0.1) is 11.9 Å². The smallest absolute Gasteiger partial charge is 0.241 e. The van der Waals surface area contributed by atoms with Crippen LogP contribution in [0, 0.1) is 0 Å². The molecular formula is C9H17N5O. The molecule has 1 heterocycles. The van der Waals surface area contributed by atoms with Gasteiger partial charge in [0.25, 0.3) is 0 Å². The summed E-state index contributed by atoms with van der Waals surface area (Å²) in [4.78, 5) is 11.2. The summed E-state index contributed by atoms with van der Waals surface area (Å²) in [6.07, 6.45) is 1.78. The molecule has 0 unspecified atom stereocenters. The first-order valence-corrected chi connectivity index (χ1v) is 5.12. The number of hydrogen-bond donors (Lipinski definition) is 2. The standard InChI is InChI=1S/C9H17N5O/c1-3-10-5-8-6-14(13-12-8)7-9(15)11-4-2/h6,10H,3-5,7H2,1-2H3,(H,11,15). The van der Waals surface area contributed by atoms with Crippen LogP contribution in [0.1, 0.15) is 19.5 Å². The van der Waals surface area contributed by atoms with Crippen LogP contribution in [0.3, 0.4) is 0 Å². The van der Waals surface area contributed by atoms with Crippen molar-refractivity contribution in [3.05, 3.63) is 11.9 Å². The molecule has 0 spiro atoms. The third kappa shape index (κ3) is 4.07. The van der Waals surface area contributed by atoms with Gasteiger partial charge in [0, 0.05) is 13.1 Å². The van der Waals surface area contributed by atoms with E-state index in [2.05, 4.69) is 20.9 Å². The molecule has 6 nitrogen and oxygen atoms in total. The summed E-state index contributed by atoms with van der Waals surface area (Å²) >= 11 is 0. The van der Waals surface area contributed by atoms with Gasteiger partial charge in [-0.3, -0.25) is 4.79 Å². The van der Waals surface area contributed by atoms with Gasteiger partial charge in [0.1, 0.15) is 6.54 Å². The Hall–Kier alpha value is -1.43. The van der Waals surface area contributed by atoms with Gasteiger partial charge in [-0.25, -0.2) is 4.68 Å². The second kappa shape index (κ2) is 6.13. The maximum absolute atomic E-state index is 11.2. The van der Waals surface area contributed by atoms with Crippen molar-refractivity contribution in [1.82, 2.24) is 25.6 Å². The number of nitrogens with one attached hydrogen (secondary N) is 2. The van der Waals surface area contributed by atoms with Crippen LogP contribution in [0.15, 0.2) is 6.20 Å². The van der Waals surface area contributed by atoms with Crippen LogP contribution in [-0.4, -0.2) is 34.0 Å². The van der Waals surface area contributed by atoms with Gasteiger partial charge in [-0.1, -0.05) is 12.1 Å². The molecule has 1 rings (SSSR count). The minimum Gasteiger partial charge on any atom is -0.355 e. The Kier molecular flexibility index (Phi) is 4.76. The molecule has 1 aromatic heterocycles. The lowest BCUT2D eigenvalue weighted by atomic mass is 10.4. The number of hydrogen-bond acceptors (Lipinski definition) is 4. The number of carbonyl (C=O) groups excluding carboxylic acids is 1. The quantitative estimate of drug-likeness (QED) is 0.667. The van der Waals surface area contributed by atoms with Crippen LogP contribution in [-0.2, 0) is 17.9 Å². The fourth-order valence-electron chi connectivity index (χ4n) is 1.15. The zero-order valence-electron chi connectivity index (χ0n) is 9.16. The van der Waals surface area contributed by atoms with Crippen LogP contribution in [0.5, 0.6) is 0 Å². The average Bonchev–Trinajstić information content (AvgIpc) is 2.63. The fraction of sp³-hybridized carbons (Fsp3) is 0.667. The van der Waals surface area contributed by atoms with Crippen LogP contribution in [0.4, 0.5) is 0 Å². The predicted molar refractivity (Wildman–Crippen MR) is 56.1 cm³/mol. The van der Waals surface area contributed by atoms with Gasteiger partial charge in [-0.15, -0.1) is 5.10 Å². The molecule has 1 aromatic rings. The third-order valence-electron chi connectivity index (χ3n) is 1.82. The minimum atomic E-state index is -0.0441. The second-order valence-corrected chi connectivity index (χ2v) is 3.14. The molecule has 15 heavy (non-hydrogen) atoms. The molecular weight excluding hydrogens is 194 g/mol. The average molecular weight is 211 g/mol. The van der Waals surface area contributed by atoms with E-state index in [1.54, 1.807) is 6.20 Å². The van der Waals surface area contributed by atoms with Gasteiger partial charge < -0.3 is 10.6 Å². The highest BCUT2D eigenvalue weighted by molar-refractivity contribution is 5.75. The van der Waals surface area contributed by atoms with E-state index in [4.69, 9.17) is 0 Å². The predicted octanol–water partition coefficient (Wildman–Crippen LogP) is -0.476. The van der Waals surface area contributed by atoms with Crippen molar-refractivity contribution in [2.45, 2.75) is 26.9 Å². The molecule has 0 radical (unpaired) electrons. The number of likely N-dealkylation sites (N-methyl/N-ethyl adjacent to an activating group) is 1. The molecule has 84 valence electrons. The molecule has 0 saturated heterocycles. The molecule has 0 aliphatic heterocycles. The number of amides is 1. The number of rotatable bonds is 6. The minimum absolute atomic E-state index is 0.0441. The zero-order valence-corrected chi connectivity index (χ0v) is 9.16. The van der Waals surface area contributed by atoms with Crippen LogP contribution >= 0.6 is 0 Å². The van der Waals surface area contributed by atoms with E-state index < -0.39 is 0 Å². The first-order valence-electron chi connectivity index (χ1n) is 5.12. The van der Waals surface area contributed by atoms with Gasteiger partial charge in [-0.2, -0.15) is 0 Å². The highest BCUT2D eigenvalue weighted by Gasteiger charge is 2.04. The molecule has 2 N–H and O–H groups in total. The Morgan fingerprint density at radius 1 is 1.47 bits per heavy atom. The Morgan fingerprint density at radius 2 is 2.27 bits per heavy atom. The molecule has 0 fully saturated rings. The van der Waals surface area contributed by atoms with Crippen molar-refractivity contribution in [2.75, 3.05) is 13.1 Å². The Labute approximate surface area is 89.0 Å². The molecule has 0 aliphatic carbocycles. The Balaban J connectivity index is 2.42. The van der Waals surface area contributed by atoms with E-state index in [0.717, 1.165) is 12.2 Å². The van der Waals surface area contributed by atoms with Gasteiger partial charge in [-0.05, 0) is 13.5 Å². The van der Waals surface area contributed by atoms with E-state index in [0.29, 0.717) is 13.1 Å². The van der Waals surface area contributed by atoms with Crippen LogP contribution < -0.4 is 10.6 Å². The van der Waals surface area contributed by atoms with Crippen molar-refractivity contribution in [1.29, 1.82) is 0 Å². The van der Waals surface area contributed by atoms with E-state index in [-0.39, 0.29) is 12.5 Å². The maximum atomic E-state index is 11.2. The molecule has 1 amide bonds. The zero-order chi connectivity index (χ0) is 11.1. The third-order valence-corrected chi connectivity index (χ3v) is 1.82. The molecule has 0 bridgehead atoms. The molecule has 0 aliphatic rings. The van der Waals surface area contributed by atoms with Gasteiger partial charge in [0.15, 0.2) is 0 Å². The van der Waals surface area contributed by atoms with Gasteiger partial charge >= 0.3 is 0 Å². The van der Waals surface area contributed by atoms with E-state index in [1.807, 2.05) is 13.8 Å².